The van der Waals surface area contributed by atoms with Crippen LogP contribution >= 0.6 is 8.25 Å². The Hall–Kier alpha value is -4.40. The second-order valence-corrected chi connectivity index (χ2v) is 20.2. The van der Waals surface area contributed by atoms with Gasteiger partial charge in [-0.3, -0.25) is 14.4 Å². The van der Waals surface area contributed by atoms with Gasteiger partial charge in [-0.05, 0) is 52.9 Å². The van der Waals surface area contributed by atoms with E-state index in [4.69, 9.17) is 13.7 Å². The molecule has 3 N–H and O–H groups in total. The van der Waals surface area contributed by atoms with Crippen LogP contribution in [0.25, 0.3) is 0 Å². The molecule has 2 saturated heterocycles. The zero-order chi connectivity index (χ0) is 39.8. The molecule has 13 nitrogen and oxygen atoms in total. The van der Waals surface area contributed by atoms with Crippen LogP contribution in [0.1, 0.15) is 75.9 Å². The summed E-state index contributed by atoms with van der Waals surface area (Å²) in [6, 6.07) is 29.6. The molecular weight excluding hydrogens is 750 g/mol. The van der Waals surface area contributed by atoms with Crippen LogP contribution in [0, 0.1) is 0 Å². The number of nitrogens with one attached hydrogen (secondary N) is 1. The lowest BCUT2D eigenvalue weighted by Crippen LogP contribution is -2.67. The van der Waals surface area contributed by atoms with Gasteiger partial charge in [0.15, 0.2) is 0 Å². The van der Waals surface area contributed by atoms with Gasteiger partial charge in [-0.15, -0.1) is 4.89 Å². The zero-order valence-corrected chi connectivity index (χ0v) is 34.0. The molecule has 15 heteroatoms. The van der Waals surface area contributed by atoms with Crippen LogP contribution in [0.5, 0.6) is 0 Å². The molecule has 7 rings (SSSR count). The van der Waals surface area contributed by atoms with Crippen molar-refractivity contribution in [3.05, 3.63) is 119 Å². The SMILES string of the molecule is C1CCC2=NCCCN2CC1.CC(C)(C)[Si](OC[C@H]1O[C@@H](n2ccc(NC(=O)c3ccccc3)nc2=O)C[C@]1(O)O[P+](=O)O)(c1ccccc1)c1ccccc1. The minimum absolute atomic E-state index is 0.0274. The Morgan fingerprint density at radius 3 is 2.18 bits per heavy atom. The summed E-state index contributed by atoms with van der Waals surface area (Å²) >= 11 is 0. The van der Waals surface area contributed by atoms with Crippen LogP contribution in [0.3, 0.4) is 0 Å². The molecule has 296 valence electrons. The van der Waals surface area contributed by atoms with Crippen LogP contribution in [0.2, 0.25) is 5.04 Å². The Kier molecular flexibility index (Phi) is 13.4. The van der Waals surface area contributed by atoms with Gasteiger partial charge in [-0.1, -0.05) is 111 Å². The fourth-order valence-corrected chi connectivity index (χ4v) is 12.7. The summed E-state index contributed by atoms with van der Waals surface area (Å²) in [7, 11) is -6.33. The van der Waals surface area contributed by atoms with Crippen molar-refractivity contribution in [1.82, 2.24) is 14.5 Å². The van der Waals surface area contributed by atoms with Crippen LogP contribution in [-0.2, 0) is 18.3 Å². The largest absolute Gasteiger partial charge is 0.697 e. The fourth-order valence-electron chi connectivity index (χ4n) is 7.67. The number of amides is 1. The minimum atomic E-state index is -3.24. The van der Waals surface area contributed by atoms with Gasteiger partial charge in [0.25, 0.3) is 20.0 Å². The molecule has 0 radical (unpaired) electrons. The molecule has 1 amide bonds. The first-order valence-corrected chi connectivity index (χ1v) is 22.2. The van der Waals surface area contributed by atoms with E-state index < -0.39 is 51.3 Å². The average molecular weight is 801 g/mol. The Balaban J connectivity index is 0.000000411. The van der Waals surface area contributed by atoms with E-state index in [1.807, 2.05) is 60.7 Å². The molecule has 56 heavy (non-hydrogen) atoms. The molecule has 4 heterocycles. The lowest BCUT2D eigenvalue weighted by atomic mass is 10.1. The molecule has 4 atom stereocenters. The summed E-state index contributed by atoms with van der Waals surface area (Å²) in [6.45, 7) is 9.66. The van der Waals surface area contributed by atoms with Gasteiger partial charge < -0.3 is 24.5 Å². The molecule has 0 saturated carbocycles. The molecule has 1 unspecified atom stereocenters. The first-order valence-electron chi connectivity index (χ1n) is 19.1. The first kappa shape index (κ1) is 41.2. The Bertz CT molecular complexity index is 1990. The topological polar surface area (TPSA) is 165 Å². The number of aliphatic hydroxyl groups is 1. The molecule has 0 bridgehead atoms. The van der Waals surface area contributed by atoms with E-state index in [9.17, 15) is 24.2 Å². The Morgan fingerprint density at radius 2 is 1.57 bits per heavy atom. The van der Waals surface area contributed by atoms with E-state index in [1.54, 1.807) is 30.3 Å². The summed E-state index contributed by atoms with van der Waals surface area (Å²) in [6.07, 6.45) is 5.27. The maximum absolute atomic E-state index is 13.1. The van der Waals surface area contributed by atoms with E-state index >= 15 is 0 Å². The van der Waals surface area contributed by atoms with Crippen LogP contribution < -0.4 is 21.4 Å². The number of ether oxygens (including phenoxy) is 1. The number of fused-ring (bicyclic) bond motifs is 1. The van der Waals surface area contributed by atoms with Crippen molar-refractivity contribution in [2.24, 2.45) is 4.99 Å². The van der Waals surface area contributed by atoms with Gasteiger partial charge in [-0.25, -0.2) is 4.79 Å². The average Bonchev–Trinajstić information content (AvgIpc) is 3.33. The van der Waals surface area contributed by atoms with Crippen molar-refractivity contribution >= 4 is 44.5 Å². The molecule has 0 aliphatic carbocycles. The van der Waals surface area contributed by atoms with Crippen molar-refractivity contribution in [3.63, 3.8) is 0 Å². The highest BCUT2D eigenvalue weighted by Gasteiger charge is 2.58. The van der Waals surface area contributed by atoms with Crippen molar-refractivity contribution in [3.8, 4) is 0 Å². The highest BCUT2D eigenvalue weighted by atomic mass is 31.1. The molecular formula is C41H51N5O8PSi+. The van der Waals surface area contributed by atoms with E-state index in [1.165, 1.54) is 63.3 Å². The monoisotopic (exact) mass is 800 g/mol. The quantitative estimate of drug-likeness (QED) is 0.108. The normalized spacial score (nSPS) is 21.5. The number of anilines is 1. The third kappa shape index (κ3) is 9.58. The summed E-state index contributed by atoms with van der Waals surface area (Å²) in [4.78, 5) is 46.2. The fraction of sp³-hybridized carbons (Fsp3) is 0.415. The second-order valence-electron chi connectivity index (χ2n) is 15.2. The number of aliphatic imine (C=N–C) groups is 1. The number of carbonyl (C=O) groups excluding carboxylic acids is 1. The molecule has 4 aromatic rings. The molecule has 3 aromatic carbocycles. The molecule has 3 aliphatic heterocycles. The number of amidine groups is 1. The number of rotatable bonds is 10. The number of nitrogens with zero attached hydrogens (tertiary/aromatic N) is 4. The number of carbonyl (C=O) groups is 1. The van der Waals surface area contributed by atoms with E-state index in [0.717, 1.165) is 21.5 Å². The predicted octanol–water partition coefficient (Wildman–Crippen LogP) is 5.38. The lowest BCUT2D eigenvalue weighted by molar-refractivity contribution is -0.183. The first-order chi connectivity index (χ1) is 26.9. The number of benzene rings is 3. The van der Waals surface area contributed by atoms with Crippen molar-refractivity contribution < 1.29 is 33.0 Å². The van der Waals surface area contributed by atoms with Crippen LogP contribution in [0.15, 0.2) is 113 Å². The van der Waals surface area contributed by atoms with Gasteiger partial charge >= 0.3 is 13.9 Å². The highest BCUT2D eigenvalue weighted by molar-refractivity contribution is 7.32. The second kappa shape index (κ2) is 18.2. The molecule has 3 aliphatic rings. The van der Waals surface area contributed by atoms with Crippen molar-refractivity contribution in [2.45, 2.75) is 82.5 Å². The smallest absolute Gasteiger partial charge is 0.405 e. The Labute approximate surface area is 329 Å². The zero-order valence-electron chi connectivity index (χ0n) is 32.1. The number of hydrogen-bond donors (Lipinski definition) is 3. The van der Waals surface area contributed by atoms with E-state index in [-0.39, 0.29) is 18.8 Å². The standard InChI is InChI=1S/C32H34N3O8PSi.C9H16N2/c1-31(2,3)45(24-15-9-5-10-16-24,25-17-11-6-12-18-25)41-22-26-32(38,43-44(39)40)21-28(42-26)35-20-19-27(34-30(35)37)33-29(36)23-13-7-4-8-14-23;1-2-5-9-10-6-4-8-11(9)7-3-1/h4-20,26,28,38H,21-22H2,1-3H3,(H-,33,34,36,37,39,40);1-8H2/p+1/t26-,28-,32+;/m1./s1. The third-order valence-corrected chi connectivity index (χ3v) is 15.9. The van der Waals surface area contributed by atoms with E-state index in [0.29, 0.717) is 5.56 Å². The Morgan fingerprint density at radius 1 is 0.946 bits per heavy atom. The summed E-state index contributed by atoms with van der Waals surface area (Å²) in [5.74, 6) is -1.28. The van der Waals surface area contributed by atoms with Crippen molar-refractivity contribution in [2.75, 3.05) is 31.6 Å². The lowest BCUT2D eigenvalue weighted by Gasteiger charge is -2.43. The summed E-state index contributed by atoms with van der Waals surface area (Å²) in [5, 5.41) is 15.7. The van der Waals surface area contributed by atoms with Crippen LogP contribution in [-0.4, -0.2) is 82.6 Å². The minimum Gasteiger partial charge on any atom is -0.405 e. The molecule has 0 spiro atoms. The maximum atomic E-state index is 13.1. The van der Waals surface area contributed by atoms with Gasteiger partial charge in [0.05, 0.1) is 18.9 Å². The van der Waals surface area contributed by atoms with Gasteiger partial charge in [0.1, 0.15) is 18.1 Å². The predicted molar refractivity (Wildman–Crippen MR) is 218 cm³/mol. The summed E-state index contributed by atoms with van der Waals surface area (Å²) in [5.41, 5.74) is -0.373. The van der Waals surface area contributed by atoms with Crippen molar-refractivity contribution in [1.29, 1.82) is 0 Å². The summed E-state index contributed by atoms with van der Waals surface area (Å²) < 4.78 is 31.1. The highest BCUT2D eigenvalue weighted by Crippen LogP contribution is 2.43. The van der Waals surface area contributed by atoms with E-state index in [2.05, 4.69) is 41.0 Å². The third-order valence-electron chi connectivity index (χ3n) is 10.4. The number of aromatic nitrogens is 2. The van der Waals surface area contributed by atoms with Gasteiger partial charge in [0.2, 0.25) is 0 Å². The van der Waals surface area contributed by atoms with Crippen LogP contribution in [0.4, 0.5) is 5.82 Å². The molecule has 1 aromatic heterocycles. The number of hydrogen-bond acceptors (Lipinski definition) is 10. The molecule has 2 fully saturated rings. The maximum Gasteiger partial charge on any atom is 0.697 e. The van der Waals surface area contributed by atoms with Gasteiger partial charge in [-0.2, -0.15) is 4.98 Å². The van der Waals surface area contributed by atoms with Gasteiger partial charge in [0, 0.05) is 42.4 Å².